The number of carbonyl (C=O) groups is 12. The van der Waals surface area contributed by atoms with Gasteiger partial charge in [-0.05, 0) is 53.6 Å². The Kier molecular flexibility index (Phi) is 33.0. The number of rotatable bonds is 39. The van der Waals surface area contributed by atoms with Gasteiger partial charge in [-0.2, -0.15) is 0 Å². The fraction of sp³-hybridized carbons (Fsp3) is 0.661. The number of fused-ring (bicyclic) bond motifs is 1. The molecule has 2 aromatic rings. The summed E-state index contributed by atoms with van der Waals surface area (Å²) < 4.78 is 0. The van der Waals surface area contributed by atoms with Gasteiger partial charge in [0.05, 0.1) is 6.04 Å². The molecule has 0 aliphatic heterocycles. The minimum absolute atomic E-state index is 0.121. The number of aromatic nitrogens is 1. The highest BCUT2D eigenvalue weighted by Gasteiger charge is 2.39. The van der Waals surface area contributed by atoms with Crippen LogP contribution in [0.5, 0.6) is 0 Å². The Morgan fingerprint density at radius 1 is 0.400 bits per heavy atom. The molecule has 31 nitrogen and oxygen atoms in total. The van der Waals surface area contributed by atoms with E-state index in [-0.39, 0.29) is 37.8 Å². The Labute approximate surface area is 526 Å². The number of primary amides is 1. The molecule has 0 aliphatic rings. The molecule has 0 unspecified atom stereocenters. The van der Waals surface area contributed by atoms with Gasteiger partial charge in [-0.15, -0.1) is 0 Å². The van der Waals surface area contributed by atoms with Crippen LogP contribution in [0.1, 0.15) is 108 Å². The van der Waals surface area contributed by atoms with Crippen molar-refractivity contribution in [2.24, 2.45) is 75.6 Å². The van der Waals surface area contributed by atoms with E-state index in [1.807, 2.05) is 19.9 Å². The van der Waals surface area contributed by atoms with Gasteiger partial charge >= 0.3 is 0 Å². The summed E-state index contributed by atoms with van der Waals surface area (Å²) in [6, 6.07) is -8.43. The molecule has 90 heavy (non-hydrogen) atoms. The maximum atomic E-state index is 14.4. The summed E-state index contributed by atoms with van der Waals surface area (Å²) in [5, 5.41) is 29.3. The summed E-state index contributed by atoms with van der Waals surface area (Å²) in [4.78, 5) is 167. The van der Waals surface area contributed by atoms with Crippen molar-refractivity contribution in [3.63, 3.8) is 0 Å². The Morgan fingerprint density at radius 3 is 1.12 bits per heavy atom. The molecule has 0 saturated heterocycles. The molecule has 26 N–H and O–H groups in total. The molecule has 14 atom stereocenters. The second-order valence-corrected chi connectivity index (χ2v) is 24.2. The zero-order chi connectivity index (χ0) is 68.4. The van der Waals surface area contributed by atoms with E-state index < -0.39 is 187 Å². The van der Waals surface area contributed by atoms with Crippen molar-refractivity contribution >= 4 is 81.8 Å². The van der Waals surface area contributed by atoms with Crippen molar-refractivity contribution in [3.05, 3.63) is 36.0 Å². The average Bonchev–Trinajstić information content (AvgIpc) is 1.87. The van der Waals surface area contributed by atoms with Gasteiger partial charge in [0.2, 0.25) is 70.9 Å². The van der Waals surface area contributed by atoms with E-state index in [1.165, 1.54) is 0 Å². The molecule has 1 aromatic carbocycles. The van der Waals surface area contributed by atoms with Crippen LogP contribution >= 0.6 is 0 Å². The first-order valence-corrected chi connectivity index (χ1v) is 30.7. The number of hydrogen-bond acceptors (Lipinski definition) is 18. The number of H-pyrrole nitrogens is 1. The molecule has 12 amide bonds. The van der Waals surface area contributed by atoms with E-state index in [0.717, 1.165) is 10.9 Å². The molecule has 31 heteroatoms. The molecule has 0 radical (unpaired) electrons. The van der Waals surface area contributed by atoms with Crippen LogP contribution in [0.2, 0.25) is 0 Å². The third-order valence-corrected chi connectivity index (χ3v) is 15.5. The van der Waals surface area contributed by atoms with Crippen LogP contribution in [-0.2, 0) is 64.0 Å². The quantitative estimate of drug-likeness (QED) is 0.0297. The number of nitrogens with one attached hydrogen (secondary N) is 12. The number of nitrogens with two attached hydrogens (primary N) is 7. The number of benzene rings is 1. The molecule has 1 heterocycles. The molecule has 0 fully saturated rings. The van der Waals surface area contributed by atoms with Crippen molar-refractivity contribution in [2.75, 3.05) is 32.7 Å². The zero-order valence-electron chi connectivity index (χ0n) is 54.1. The highest BCUT2D eigenvalue weighted by molar-refractivity contribution is 6.00. The lowest BCUT2D eigenvalue weighted by atomic mass is 9.95. The van der Waals surface area contributed by atoms with Crippen LogP contribution in [0.15, 0.2) is 30.5 Å². The summed E-state index contributed by atoms with van der Waals surface area (Å²) in [7, 11) is 0. The number of amides is 12. The summed E-state index contributed by atoms with van der Waals surface area (Å²) in [5.41, 5.74) is 42.1. The first kappa shape index (κ1) is 78.3. The van der Waals surface area contributed by atoms with Crippen LogP contribution < -0.4 is 98.6 Å². The van der Waals surface area contributed by atoms with Crippen molar-refractivity contribution in [2.45, 2.75) is 181 Å². The molecule has 0 bridgehead atoms. The molecule has 0 spiro atoms. The summed E-state index contributed by atoms with van der Waals surface area (Å²) in [5.74, 6) is -12.5. The fourth-order valence-electron chi connectivity index (χ4n) is 9.26. The summed E-state index contributed by atoms with van der Waals surface area (Å²) in [6.45, 7) is 18.5. The highest BCUT2D eigenvalue weighted by Crippen LogP contribution is 2.20. The maximum Gasteiger partial charge on any atom is 0.244 e. The maximum absolute atomic E-state index is 14.4. The van der Waals surface area contributed by atoms with Gasteiger partial charge in [-0.3, -0.25) is 57.5 Å². The van der Waals surface area contributed by atoms with Crippen molar-refractivity contribution in [3.8, 4) is 0 Å². The van der Waals surface area contributed by atoms with Gasteiger partial charge in [0, 0.05) is 56.2 Å². The second-order valence-electron chi connectivity index (χ2n) is 24.2. The van der Waals surface area contributed by atoms with E-state index >= 15 is 0 Å². The molecular formula is C59H103N19O12. The molecule has 506 valence electrons. The summed E-state index contributed by atoms with van der Waals surface area (Å²) >= 11 is 0. The van der Waals surface area contributed by atoms with Crippen LogP contribution in [0.3, 0.4) is 0 Å². The fourth-order valence-corrected chi connectivity index (χ4v) is 9.26. The third kappa shape index (κ3) is 23.5. The SMILES string of the molecule is CC[C@H](C)[C@H](NC(=O)[C@H](CN)NC(=O)[C@@H](NC(=O)[C@H](CN)NC(=O)[C@@H](NC(=O)[C@@H](NC(=O)[C@H](CC(C)C)NC(=O)[C@H](CN)NC(=O)[C@@H](N)C(C)C)[C@@H](C)CC)C(C)C)C(C)C)C(=O)N[C@@H](Cc1c[nH]c2ccccc12)C(=O)N[C@@H](CN)C(=O)N[C@@H](CN)C(N)=O. The van der Waals surface area contributed by atoms with E-state index in [0.29, 0.717) is 18.4 Å². The van der Waals surface area contributed by atoms with Gasteiger partial charge in [-0.25, -0.2) is 0 Å². The average molecular weight is 1270 g/mol. The van der Waals surface area contributed by atoms with Crippen molar-refractivity contribution < 1.29 is 57.5 Å². The lowest BCUT2D eigenvalue weighted by Gasteiger charge is -2.31. The van der Waals surface area contributed by atoms with Gasteiger partial charge in [0.15, 0.2) is 0 Å². The lowest BCUT2D eigenvalue weighted by molar-refractivity contribution is -0.137. The van der Waals surface area contributed by atoms with E-state index in [1.54, 1.807) is 93.6 Å². The smallest absolute Gasteiger partial charge is 0.244 e. The van der Waals surface area contributed by atoms with Crippen LogP contribution in [0.25, 0.3) is 10.9 Å². The minimum atomic E-state index is -1.50. The number of aromatic amines is 1. The Hall–Kier alpha value is -7.84. The second kappa shape index (κ2) is 38.0. The molecule has 2 rings (SSSR count). The molecule has 1 aromatic heterocycles. The van der Waals surface area contributed by atoms with Crippen molar-refractivity contribution in [1.29, 1.82) is 0 Å². The minimum Gasteiger partial charge on any atom is -0.368 e. The van der Waals surface area contributed by atoms with Crippen molar-refractivity contribution in [1.82, 2.24) is 63.5 Å². The predicted octanol–water partition coefficient (Wildman–Crippen LogP) is -5.24. The topological polar surface area (TPSA) is 535 Å². The van der Waals surface area contributed by atoms with E-state index in [2.05, 4.69) is 63.5 Å². The number of para-hydroxylation sites is 1. The Morgan fingerprint density at radius 2 is 0.722 bits per heavy atom. The first-order valence-electron chi connectivity index (χ1n) is 30.7. The normalized spacial score (nSPS) is 16.2. The zero-order valence-corrected chi connectivity index (χ0v) is 54.1. The van der Waals surface area contributed by atoms with Crippen LogP contribution in [-0.4, -0.2) is 181 Å². The Balaban J connectivity index is 2.33. The van der Waals surface area contributed by atoms with Crippen LogP contribution in [0.4, 0.5) is 0 Å². The monoisotopic (exact) mass is 1270 g/mol. The number of carbonyl (C=O) groups excluding carboxylic acids is 12. The van der Waals surface area contributed by atoms with Gasteiger partial charge in [0.1, 0.15) is 66.5 Å². The Bertz CT molecular complexity index is 2760. The van der Waals surface area contributed by atoms with Crippen LogP contribution in [0, 0.1) is 35.5 Å². The largest absolute Gasteiger partial charge is 0.368 e. The molecule has 0 aliphatic carbocycles. The standard InChI is InChI=1S/C59H103N19O12/c1-13-31(11)46(58(89)69-37(20-33-26-67-35-18-16-15-17-34(33)35)49(80)71-39(22-61)52(83)70-38(21-60)48(66)79)78-54(85)42(25-64)74-56(87)44(29(7)8)75-53(84)41(24-63)73-57(88)45(30(9)10)76-59(90)47(32(12)14-2)77-50(81)36(19-27(3)4)68-51(82)40(23-62)72-55(86)43(65)28(5)6/h15-18,26-32,36-47,67H,13-14,19-25,60-65H2,1-12H3,(H2,66,79)(H,68,82)(H,69,89)(H,70,83)(H,71,80)(H,72,86)(H,73,88)(H,74,87)(H,75,84)(H,76,90)(H,77,81)(H,78,85)/t31-,32-,36-,37-,38-,39-,40-,41-,42-,43-,44-,45-,46-,47-/m0/s1. The lowest BCUT2D eigenvalue weighted by Crippen LogP contribution is -2.64. The third-order valence-electron chi connectivity index (χ3n) is 15.5. The van der Waals surface area contributed by atoms with Gasteiger partial charge in [-0.1, -0.05) is 114 Å². The van der Waals surface area contributed by atoms with E-state index in [9.17, 15) is 57.5 Å². The summed E-state index contributed by atoms with van der Waals surface area (Å²) in [6.07, 6.45) is 2.38. The van der Waals surface area contributed by atoms with Gasteiger partial charge < -0.3 is 104 Å². The molecule has 0 saturated carbocycles. The highest BCUT2D eigenvalue weighted by atomic mass is 16.2. The van der Waals surface area contributed by atoms with Gasteiger partial charge in [0.25, 0.3) is 0 Å². The van der Waals surface area contributed by atoms with E-state index in [4.69, 9.17) is 40.1 Å². The first-order chi connectivity index (χ1) is 42.2. The number of hydrogen-bond donors (Lipinski definition) is 19. The molecular weight excluding hydrogens is 1170 g/mol. The predicted molar refractivity (Wildman–Crippen MR) is 339 cm³/mol.